The quantitative estimate of drug-likeness (QED) is 0.687. The van der Waals surface area contributed by atoms with Crippen molar-refractivity contribution < 1.29 is 0 Å². The highest BCUT2D eigenvalue weighted by Gasteiger charge is 2.06. The van der Waals surface area contributed by atoms with Gasteiger partial charge in [-0.05, 0) is 37.5 Å². The molecule has 84 valence electrons. The Morgan fingerprint density at radius 3 is 2.20 bits per heavy atom. The van der Waals surface area contributed by atoms with Crippen LogP contribution in [0.25, 0.3) is 0 Å². The molecule has 1 aromatic carbocycles. The van der Waals surface area contributed by atoms with Crippen molar-refractivity contribution in [2.75, 3.05) is 19.6 Å². The standard InChI is InChI=1S/C14H23N/c1-4-15(5-2)12-11-13(3)14-9-7-6-8-10-14/h6-10,13H,4-5,11-12H2,1-3H3/t13-/m1/s1. The lowest BCUT2D eigenvalue weighted by Crippen LogP contribution is -2.24. The van der Waals surface area contributed by atoms with Gasteiger partial charge in [0.05, 0.1) is 0 Å². The minimum absolute atomic E-state index is 0.673. The highest BCUT2D eigenvalue weighted by molar-refractivity contribution is 5.18. The van der Waals surface area contributed by atoms with E-state index < -0.39 is 0 Å². The fourth-order valence-corrected chi connectivity index (χ4v) is 1.86. The molecule has 0 aromatic heterocycles. The normalized spacial score (nSPS) is 13.1. The number of benzene rings is 1. The largest absolute Gasteiger partial charge is 0.304 e. The Labute approximate surface area is 94.1 Å². The third-order valence-corrected chi connectivity index (χ3v) is 3.14. The van der Waals surface area contributed by atoms with Crippen LogP contribution in [0.5, 0.6) is 0 Å². The van der Waals surface area contributed by atoms with Crippen LogP contribution >= 0.6 is 0 Å². The first kappa shape index (κ1) is 12.3. The summed E-state index contributed by atoms with van der Waals surface area (Å²) in [4.78, 5) is 2.49. The molecule has 0 aliphatic carbocycles. The summed E-state index contributed by atoms with van der Waals surface area (Å²) in [5, 5.41) is 0. The lowest BCUT2D eigenvalue weighted by Gasteiger charge is -2.20. The van der Waals surface area contributed by atoms with E-state index in [4.69, 9.17) is 0 Å². The molecular formula is C14H23N. The number of nitrogens with zero attached hydrogens (tertiary/aromatic N) is 1. The van der Waals surface area contributed by atoms with E-state index in [9.17, 15) is 0 Å². The number of rotatable bonds is 6. The Hall–Kier alpha value is -0.820. The highest BCUT2D eigenvalue weighted by Crippen LogP contribution is 2.18. The molecule has 0 N–H and O–H groups in total. The van der Waals surface area contributed by atoms with E-state index in [0.29, 0.717) is 5.92 Å². The molecule has 1 aromatic rings. The van der Waals surface area contributed by atoms with Gasteiger partial charge in [-0.15, -0.1) is 0 Å². The van der Waals surface area contributed by atoms with Crippen LogP contribution in [-0.4, -0.2) is 24.5 Å². The number of hydrogen-bond acceptors (Lipinski definition) is 1. The first-order chi connectivity index (χ1) is 7.27. The summed E-state index contributed by atoms with van der Waals surface area (Å²) >= 11 is 0. The zero-order chi connectivity index (χ0) is 11.1. The van der Waals surface area contributed by atoms with Gasteiger partial charge in [-0.1, -0.05) is 51.1 Å². The Kier molecular flexibility index (Phi) is 5.41. The van der Waals surface area contributed by atoms with Gasteiger partial charge in [0.15, 0.2) is 0 Å². The van der Waals surface area contributed by atoms with Crippen LogP contribution in [0.15, 0.2) is 30.3 Å². The first-order valence-corrected chi connectivity index (χ1v) is 6.05. The van der Waals surface area contributed by atoms with Crippen LogP contribution in [-0.2, 0) is 0 Å². The molecule has 0 bridgehead atoms. The third kappa shape index (κ3) is 4.05. The van der Waals surface area contributed by atoms with Gasteiger partial charge in [0.25, 0.3) is 0 Å². The summed E-state index contributed by atoms with van der Waals surface area (Å²) < 4.78 is 0. The lowest BCUT2D eigenvalue weighted by molar-refractivity contribution is 0.292. The van der Waals surface area contributed by atoms with Gasteiger partial charge < -0.3 is 4.90 Å². The molecule has 0 aliphatic rings. The monoisotopic (exact) mass is 205 g/mol. The van der Waals surface area contributed by atoms with Gasteiger partial charge in [-0.25, -0.2) is 0 Å². The van der Waals surface area contributed by atoms with E-state index in [0.717, 1.165) is 13.1 Å². The minimum Gasteiger partial charge on any atom is -0.304 e. The molecule has 0 spiro atoms. The molecule has 0 heterocycles. The smallest absolute Gasteiger partial charge is 0.00132 e. The average molecular weight is 205 g/mol. The summed E-state index contributed by atoms with van der Waals surface area (Å²) in [5.41, 5.74) is 1.46. The van der Waals surface area contributed by atoms with E-state index in [-0.39, 0.29) is 0 Å². The van der Waals surface area contributed by atoms with Gasteiger partial charge in [-0.3, -0.25) is 0 Å². The molecule has 0 saturated carbocycles. The van der Waals surface area contributed by atoms with Crippen molar-refractivity contribution in [1.29, 1.82) is 0 Å². The maximum atomic E-state index is 2.49. The molecule has 0 unspecified atom stereocenters. The molecule has 0 saturated heterocycles. The fraction of sp³-hybridized carbons (Fsp3) is 0.571. The average Bonchev–Trinajstić information content (AvgIpc) is 2.31. The van der Waals surface area contributed by atoms with Crippen LogP contribution < -0.4 is 0 Å². The van der Waals surface area contributed by atoms with E-state index >= 15 is 0 Å². The van der Waals surface area contributed by atoms with Crippen molar-refractivity contribution in [2.24, 2.45) is 0 Å². The lowest BCUT2D eigenvalue weighted by atomic mass is 9.98. The van der Waals surface area contributed by atoms with Crippen molar-refractivity contribution in [1.82, 2.24) is 4.90 Å². The number of hydrogen-bond donors (Lipinski definition) is 0. The molecule has 1 rings (SSSR count). The van der Waals surface area contributed by atoms with Crippen molar-refractivity contribution in [3.63, 3.8) is 0 Å². The molecule has 0 amide bonds. The second-order valence-electron chi connectivity index (χ2n) is 4.13. The molecular weight excluding hydrogens is 182 g/mol. The molecule has 0 fully saturated rings. The Balaban J connectivity index is 2.39. The zero-order valence-corrected chi connectivity index (χ0v) is 10.2. The maximum absolute atomic E-state index is 2.49. The summed E-state index contributed by atoms with van der Waals surface area (Å²) in [6.45, 7) is 10.3. The van der Waals surface area contributed by atoms with Gasteiger partial charge in [0, 0.05) is 0 Å². The predicted molar refractivity (Wildman–Crippen MR) is 67.3 cm³/mol. The topological polar surface area (TPSA) is 3.24 Å². The first-order valence-electron chi connectivity index (χ1n) is 6.05. The van der Waals surface area contributed by atoms with Gasteiger partial charge in [-0.2, -0.15) is 0 Å². The second kappa shape index (κ2) is 6.62. The second-order valence-corrected chi connectivity index (χ2v) is 4.13. The zero-order valence-electron chi connectivity index (χ0n) is 10.2. The fourth-order valence-electron chi connectivity index (χ4n) is 1.86. The third-order valence-electron chi connectivity index (χ3n) is 3.14. The van der Waals surface area contributed by atoms with Crippen LogP contribution in [0.2, 0.25) is 0 Å². The molecule has 0 radical (unpaired) electrons. The minimum atomic E-state index is 0.673. The predicted octanol–water partition coefficient (Wildman–Crippen LogP) is 3.52. The SMILES string of the molecule is CCN(CC)CC[C@@H](C)c1ccccc1. The van der Waals surface area contributed by atoms with Crippen LogP contribution in [0.1, 0.15) is 38.7 Å². The van der Waals surface area contributed by atoms with E-state index in [2.05, 4.69) is 56.0 Å². The van der Waals surface area contributed by atoms with Gasteiger partial charge >= 0.3 is 0 Å². The van der Waals surface area contributed by atoms with E-state index in [1.165, 1.54) is 18.5 Å². The van der Waals surface area contributed by atoms with E-state index in [1.807, 2.05) is 0 Å². The summed E-state index contributed by atoms with van der Waals surface area (Å²) in [7, 11) is 0. The van der Waals surface area contributed by atoms with Crippen LogP contribution in [0.4, 0.5) is 0 Å². The van der Waals surface area contributed by atoms with Crippen molar-refractivity contribution in [3.05, 3.63) is 35.9 Å². The van der Waals surface area contributed by atoms with Crippen LogP contribution in [0.3, 0.4) is 0 Å². The Morgan fingerprint density at radius 2 is 1.67 bits per heavy atom. The molecule has 15 heavy (non-hydrogen) atoms. The van der Waals surface area contributed by atoms with Gasteiger partial charge in [0.2, 0.25) is 0 Å². The summed E-state index contributed by atoms with van der Waals surface area (Å²) in [6, 6.07) is 10.8. The van der Waals surface area contributed by atoms with Crippen molar-refractivity contribution >= 4 is 0 Å². The van der Waals surface area contributed by atoms with E-state index in [1.54, 1.807) is 0 Å². The van der Waals surface area contributed by atoms with Crippen molar-refractivity contribution in [2.45, 2.75) is 33.1 Å². The highest BCUT2D eigenvalue weighted by atomic mass is 15.1. The molecule has 1 heteroatoms. The maximum Gasteiger partial charge on any atom is -0.00132 e. The molecule has 0 aliphatic heterocycles. The summed E-state index contributed by atoms with van der Waals surface area (Å²) in [5.74, 6) is 0.673. The van der Waals surface area contributed by atoms with Crippen LogP contribution in [0, 0.1) is 0 Å². The van der Waals surface area contributed by atoms with Crippen molar-refractivity contribution in [3.8, 4) is 0 Å². The summed E-state index contributed by atoms with van der Waals surface area (Å²) in [6.07, 6.45) is 1.26. The Morgan fingerprint density at radius 1 is 1.07 bits per heavy atom. The molecule has 1 atom stereocenters. The molecule has 1 nitrogen and oxygen atoms in total. The Bertz CT molecular complexity index is 251. The van der Waals surface area contributed by atoms with Gasteiger partial charge in [0.1, 0.15) is 0 Å².